The third-order valence-corrected chi connectivity index (χ3v) is 7.57. The van der Waals surface area contributed by atoms with Crippen molar-refractivity contribution in [2.75, 3.05) is 0 Å². The van der Waals surface area contributed by atoms with E-state index in [4.69, 9.17) is 0 Å². The Morgan fingerprint density at radius 1 is 0.550 bits per heavy atom. The van der Waals surface area contributed by atoms with Crippen LogP contribution in [0.5, 0.6) is 23.0 Å². The molecule has 0 unspecified atom stereocenters. The van der Waals surface area contributed by atoms with Gasteiger partial charge in [-0.25, -0.2) is 9.59 Å². The number of carboxylic acid groups (broad SMARTS) is 2. The number of benzene rings is 4. The summed E-state index contributed by atoms with van der Waals surface area (Å²) >= 11 is 0. The van der Waals surface area contributed by atoms with Crippen LogP contribution in [-0.4, -0.2) is 54.1 Å². The highest BCUT2D eigenvalue weighted by Gasteiger charge is 2.46. The number of phenols is 4. The summed E-state index contributed by atoms with van der Waals surface area (Å²) in [5.41, 5.74) is -1.17. The maximum absolute atomic E-state index is 13.6. The van der Waals surface area contributed by atoms with Gasteiger partial charge in [-0.3, -0.25) is 9.59 Å². The molecule has 2 aliphatic rings. The van der Waals surface area contributed by atoms with Crippen LogP contribution in [0.1, 0.15) is 86.6 Å². The lowest BCUT2D eigenvalue weighted by Crippen LogP contribution is -2.30. The van der Waals surface area contributed by atoms with E-state index >= 15 is 0 Å². The molecule has 0 aromatic heterocycles. The molecule has 10 heteroatoms. The first-order valence-corrected chi connectivity index (χ1v) is 11.9. The van der Waals surface area contributed by atoms with Crippen LogP contribution in [0, 0.1) is 0 Å². The quantitative estimate of drug-likeness (QED) is 0.223. The minimum Gasteiger partial charge on any atom is -0.507 e. The first-order chi connectivity index (χ1) is 19.0. The van der Waals surface area contributed by atoms with Gasteiger partial charge in [-0.1, -0.05) is 30.3 Å². The van der Waals surface area contributed by atoms with Crippen molar-refractivity contribution < 1.29 is 49.8 Å². The zero-order valence-corrected chi connectivity index (χ0v) is 20.2. The van der Waals surface area contributed by atoms with Gasteiger partial charge in [0.1, 0.15) is 28.6 Å². The van der Waals surface area contributed by atoms with E-state index in [1.54, 1.807) is 6.07 Å². The summed E-state index contributed by atoms with van der Waals surface area (Å²) in [6, 6.07) is 13.2. The highest BCUT2D eigenvalue weighted by atomic mass is 16.4. The van der Waals surface area contributed by atoms with Crippen LogP contribution in [0.3, 0.4) is 0 Å². The normalized spacial score (nSPS) is 16.9. The summed E-state index contributed by atoms with van der Waals surface area (Å²) in [6.07, 6.45) is 0. The molecule has 198 valence electrons. The van der Waals surface area contributed by atoms with Crippen molar-refractivity contribution in [3.63, 3.8) is 0 Å². The van der Waals surface area contributed by atoms with E-state index in [-0.39, 0.29) is 50.1 Å². The second-order valence-corrected chi connectivity index (χ2v) is 9.59. The fraction of sp³-hybridized carbons (Fsp3) is 0.0667. The molecule has 0 saturated carbocycles. The average molecular weight is 538 g/mol. The summed E-state index contributed by atoms with van der Waals surface area (Å²) < 4.78 is 0. The molecule has 0 bridgehead atoms. The predicted molar refractivity (Wildman–Crippen MR) is 137 cm³/mol. The number of carbonyl (C=O) groups is 4. The lowest BCUT2D eigenvalue weighted by Gasteiger charge is -2.38. The number of aromatic hydroxyl groups is 4. The highest BCUT2D eigenvalue weighted by Crippen LogP contribution is 2.55. The third kappa shape index (κ3) is 3.22. The van der Waals surface area contributed by atoms with Crippen LogP contribution in [0.15, 0.2) is 60.7 Å². The van der Waals surface area contributed by atoms with E-state index in [2.05, 4.69) is 0 Å². The summed E-state index contributed by atoms with van der Waals surface area (Å²) in [7, 11) is 0. The van der Waals surface area contributed by atoms with Crippen molar-refractivity contribution in [1.82, 2.24) is 0 Å². The molecule has 0 fully saturated rings. The SMILES string of the molecule is O=C(O)c1cc(O)c2c(c1)[C@@H]([C@@H]1c3cccc(O)c3C(=O)c3c1ccc(C(=O)O)c3O)c1cccc(O)c1C2=O. The number of aromatic carboxylic acids is 2. The Bertz CT molecular complexity index is 1850. The van der Waals surface area contributed by atoms with Gasteiger partial charge in [0, 0.05) is 11.8 Å². The summed E-state index contributed by atoms with van der Waals surface area (Å²) in [4.78, 5) is 50.9. The van der Waals surface area contributed by atoms with Crippen molar-refractivity contribution in [1.29, 1.82) is 0 Å². The minimum absolute atomic E-state index is 0.0712. The number of ketones is 2. The van der Waals surface area contributed by atoms with Crippen molar-refractivity contribution in [2.45, 2.75) is 11.8 Å². The molecular weight excluding hydrogens is 520 g/mol. The second kappa shape index (κ2) is 8.43. The van der Waals surface area contributed by atoms with Crippen LogP contribution >= 0.6 is 0 Å². The fourth-order valence-corrected chi connectivity index (χ4v) is 5.97. The summed E-state index contributed by atoms with van der Waals surface area (Å²) in [5, 5.41) is 62.6. The Balaban J connectivity index is 1.77. The molecule has 6 N–H and O–H groups in total. The number of carboxylic acids is 2. The predicted octanol–water partition coefficient (Wildman–Crippen LogP) is 3.96. The molecule has 0 aliphatic heterocycles. The van der Waals surface area contributed by atoms with E-state index in [1.807, 2.05) is 0 Å². The lowest BCUT2D eigenvalue weighted by molar-refractivity contribution is 0.0683. The minimum atomic E-state index is -1.49. The molecule has 0 radical (unpaired) electrons. The second-order valence-electron chi connectivity index (χ2n) is 9.59. The monoisotopic (exact) mass is 538 g/mol. The highest BCUT2D eigenvalue weighted by molar-refractivity contribution is 6.19. The van der Waals surface area contributed by atoms with Gasteiger partial charge in [0.2, 0.25) is 11.6 Å². The molecule has 4 aromatic rings. The Labute approximate surface area is 224 Å². The molecule has 6 rings (SSSR count). The van der Waals surface area contributed by atoms with Crippen LogP contribution in [0.2, 0.25) is 0 Å². The van der Waals surface area contributed by atoms with Crippen LogP contribution in [0.4, 0.5) is 0 Å². The average Bonchev–Trinajstić information content (AvgIpc) is 2.89. The van der Waals surface area contributed by atoms with Gasteiger partial charge >= 0.3 is 11.9 Å². The smallest absolute Gasteiger partial charge is 0.339 e. The first-order valence-electron chi connectivity index (χ1n) is 11.9. The van der Waals surface area contributed by atoms with Gasteiger partial charge in [-0.2, -0.15) is 0 Å². The van der Waals surface area contributed by atoms with Crippen LogP contribution < -0.4 is 0 Å². The van der Waals surface area contributed by atoms with E-state index < -0.39 is 63.9 Å². The largest absolute Gasteiger partial charge is 0.507 e. The molecule has 2 aliphatic carbocycles. The molecular formula is C30H18O10. The zero-order chi connectivity index (χ0) is 28.6. The molecule has 0 saturated heterocycles. The molecule has 10 nitrogen and oxygen atoms in total. The van der Waals surface area contributed by atoms with Crippen molar-refractivity contribution in [3.05, 3.63) is 116 Å². The summed E-state index contributed by atoms with van der Waals surface area (Å²) in [5.74, 6) is -8.80. The number of phenolic OH excluding ortho intramolecular Hbond substituents is 3. The Morgan fingerprint density at radius 2 is 1.05 bits per heavy atom. The molecule has 4 aromatic carbocycles. The number of hydrogen-bond donors (Lipinski definition) is 6. The molecule has 0 amide bonds. The number of rotatable bonds is 3. The van der Waals surface area contributed by atoms with Crippen LogP contribution in [-0.2, 0) is 0 Å². The lowest BCUT2D eigenvalue weighted by atomic mass is 9.63. The van der Waals surface area contributed by atoms with Gasteiger partial charge in [0.15, 0.2) is 0 Å². The number of fused-ring (bicyclic) bond motifs is 4. The van der Waals surface area contributed by atoms with Gasteiger partial charge < -0.3 is 30.6 Å². The van der Waals surface area contributed by atoms with Gasteiger partial charge in [-0.05, 0) is 52.6 Å². The molecule has 2 atom stereocenters. The maximum atomic E-state index is 13.6. The number of hydrogen-bond acceptors (Lipinski definition) is 8. The van der Waals surface area contributed by atoms with E-state index in [1.165, 1.54) is 42.5 Å². The Morgan fingerprint density at radius 3 is 1.60 bits per heavy atom. The Kier molecular flexibility index (Phi) is 5.20. The number of carbonyl (C=O) groups excluding carboxylic acids is 2. The van der Waals surface area contributed by atoms with Crippen molar-refractivity contribution in [3.8, 4) is 23.0 Å². The van der Waals surface area contributed by atoms with Crippen molar-refractivity contribution in [2.24, 2.45) is 0 Å². The van der Waals surface area contributed by atoms with E-state index in [0.717, 1.165) is 12.1 Å². The zero-order valence-electron chi connectivity index (χ0n) is 20.2. The molecule has 0 heterocycles. The topological polar surface area (TPSA) is 190 Å². The standard InChI is InChI=1S/C30H18O10/c31-17-5-2-4-13-21(16-9-11(29(37)38)10-19(33)24(16)27(35)22(13)17)20-12-3-1-6-18(32)23(12)28(36)25-14(20)7-8-15(26(25)34)30(39)40/h1-10,20-21,31-34H,(H,37,38)(H,39,40)/t20-,21+/m1/s1. The van der Waals surface area contributed by atoms with Crippen molar-refractivity contribution >= 4 is 23.5 Å². The first kappa shape index (κ1) is 24.7. The van der Waals surface area contributed by atoms with E-state index in [0.29, 0.717) is 0 Å². The molecule has 40 heavy (non-hydrogen) atoms. The maximum Gasteiger partial charge on any atom is 0.339 e. The Hall–Kier alpha value is -5.64. The molecule has 0 spiro atoms. The third-order valence-electron chi connectivity index (χ3n) is 7.57. The van der Waals surface area contributed by atoms with Gasteiger partial charge in [-0.15, -0.1) is 0 Å². The fourth-order valence-electron chi connectivity index (χ4n) is 5.97. The van der Waals surface area contributed by atoms with E-state index in [9.17, 15) is 49.8 Å². The summed E-state index contributed by atoms with van der Waals surface area (Å²) in [6.45, 7) is 0. The van der Waals surface area contributed by atoms with Gasteiger partial charge in [0.05, 0.1) is 27.8 Å². The van der Waals surface area contributed by atoms with Crippen LogP contribution in [0.25, 0.3) is 0 Å². The van der Waals surface area contributed by atoms with Gasteiger partial charge in [0.25, 0.3) is 0 Å².